The fraction of sp³-hybridized carbons (Fsp3) is 0.143. The van der Waals surface area contributed by atoms with Crippen LogP contribution in [-0.4, -0.2) is 10.7 Å². The standard InChI is InChI=1S/C14H8Cl2F4N2/c15-13(21(17)18)9-5-1-2-6-10(9)14(16,22(19)20)12-8-4-3-7-11(12)13/h1-8H. The van der Waals surface area contributed by atoms with E-state index in [2.05, 4.69) is 0 Å². The lowest BCUT2D eigenvalue weighted by atomic mass is 9.78. The van der Waals surface area contributed by atoms with Crippen molar-refractivity contribution in [2.75, 3.05) is 0 Å². The molecule has 1 aliphatic carbocycles. The molecule has 0 saturated carbocycles. The van der Waals surface area contributed by atoms with Crippen molar-refractivity contribution in [2.24, 2.45) is 0 Å². The van der Waals surface area contributed by atoms with Crippen molar-refractivity contribution in [3.8, 4) is 0 Å². The van der Waals surface area contributed by atoms with E-state index in [9.17, 15) is 17.9 Å². The first-order valence-corrected chi connectivity index (χ1v) is 6.91. The molecule has 0 aromatic heterocycles. The minimum Gasteiger partial charge on any atom is -0.0989 e. The van der Waals surface area contributed by atoms with Gasteiger partial charge in [0, 0.05) is 22.3 Å². The largest absolute Gasteiger partial charge is 0.207 e. The predicted molar refractivity (Wildman–Crippen MR) is 74.3 cm³/mol. The van der Waals surface area contributed by atoms with Crippen LogP contribution in [0.2, 0.25) is 0 Å². The molecule has 1 aliphatic rings. The second-order valence-electron chi connectivity index (χ2n) is 4.80. The summed E-state index contributed by atoms with van der Waals surface area (Å²) in [7, 11) is 0. The van der Waals surface area contributed by atoms with Gasteiger partial charge in [-0.15, -0.1) is 0 Å². The van der Waals surface area contributed by atoms with Gasteiger partial charge in [0.15, 0.2) is 0 Å². The summed E-state index contributed by atoms with van der Waals surface area (Å²) in [6.07, 6.45) is 0. The molecule has 2 aromatic carbocycles. The zero-order valence-electron chi connectivity index (χ0n) is 10.8. The highest BCUT2D eigenvalue weighted by molar-refractivity contribution is 6.29. The molecule has 0 radical (unpaired) electrons. The third-order valence-corrected chi connectivity index (χ3v) is 4.82. The van der Waals surface area contributed by atoms with Crippen LogP contribution in [0.15, 0.2) is 48.5 Å². The number of rotatable bonds is 2. The second-order valence-corrected chi connectivity index (χ2v) is 5.90. The topological polar surface area (TPSA) is 6.48 Å². The molecule has 8 heteroatoms. The molecule has 0 spiro atoms. The lowest BCUT2D eigenvalue weighted by molar-refractivity contribution is -0.209. The molecule has 116 valence electrons. The van der Waals surface area contributed by atoms with E-state index < -0.39 is 20.7 Å². The fourth-order valence-electron chi connectivity index (χ4n) is 2.78. The average Bonchev–Trinajstić information content (AvgIpc) is 2.52. The van der Waals surface area contributed by atoms with Crippen LogP contribution in [0, 0.1) is 0 Å². The number of hydrogen-bond donors (Lipinski definition) is 0. The molecular weight excluding hydrogens is 343 g/mol. The Morgan fingerprint density at radius 3 is 1.00 bits per heavy atom. The summed E-state index contributed by atoms with van der Waals surface area (Å²) in [6.45, 7) is 0. The summed E-state index contributed by atoms with van der Waals surface area (Å²) < 4.78 is 54.3. The highest BCUT2D eigenvalue weighted by atomic mass is 35.5. The van der Waals surface area contributed by atoms with Crippen molar-refractivity contribution >= 4 is 23.2 Å². The van der Waals surface area contributed by atoms with E-state index in [0.29, 0.717) is 0 Å². The first kappa shape index (κ1) is 15.6. The Bertz CT molecular complexity index is 616. The number of alkyl halides is 2. The van der Waals surface area contributed by atoms with Crippen LogP contribution in [-0.2, 0) is 10.00 Å². The maximum atomic E-state index is 13.6. The highest BCUT2D eigenvalue weighted by Gasteiger charge is 2.56. The Balaban J connectivity index is 2.45. The van der Waals surface area contributed by atoms with Gasteiger partial charge in [0.2, 0.25) is 10.00 Å². The van der Waals surface area contributed by atoms with Crippen molar-refractivity contribution in [3.05, 3.63) is 70.8 Å². The first-order valence-electron chi connectivity index (χ1n) is 6.16. The van der Waals surface area contributed by atoms with Crippen LogP contribution < -0.4 is 0 Å². The van der Waals surface area contributed by atoms with E-state index in [1.165, 1.54) is 48.5 Å². The van der Waals surface area contributed by atoms with Gasteiger partial charge in [0.1, 0.15) is 0 Å². The summed E-state index contributed by atoms with van der Waals surface area (Å²) in [5.41, 5.74) is -0.794. The van der Waals surface area contributed by atoms with Crippen molar-refractivity contribution in [3.63, 3.8) is 0 Å². The van der Waals surface area contributed by atoms with Crippen molar-refractivity contribution in [2.45, 2.75) is 10.00 Å². The Morgan fingerprint density at radius 2 is 0.818 bits per heavy atom. The monoisotopic (exact) mass is 350 g/mol. The summed E-state index contributed by atoms with van der Waals surface area (Å²) in [6, 6.07) is 10.8. The molecule has 0 amide bonds. The number of fused-ring (bicyclic) bond motifs is 2. The van der Waals surface area contributed by atoms with E-state index in [-0.39, 0.29) is 22.3 Å². The number of nitrogens with zero attached hydrogens (tertiary/aromatic N) is 2. The van der Waals surface area contributed by atoms with Gasteiger partial charge in [0.05, 0.1) is 10.7 Å². The maximum absolute atomic E-state index is 13.6. The van der Waals surface area contributed by atoms with Crippen molar-refractivity contribution < 1.29 is 17.9 Å². The smallest absolute Gasteiger partial charge is 0.0989 e. The molecule has 0 aliphatic heterocycles. The molecule has 0 fully saturated rings. The zero-order chi connectivity index (χ0) is 16.1. The molecule has 3 rings (SSSR count). The van der Waals surface area contributed by atoms with Crippen LogP contribution in [0.25, 0.3) is 0 Å². The van der Waals surface area contributed by atoms with Gasteiger partial charge in [0.25, 0.3) is 0 Å². The Labute approximate surface area is 133 Å². The third-order valence-electron chi connectivity index (χ3n) is 3.75. The third kappa shape index (κ3) is 1.81. The Kier molecular flexibility index (Phi) is 3.60. The zero-order valence-corrected chi connectivity index (χ0v) is 12.3. The van der Waals surface area contributed by atoms with E-state index >= 15 is 0 Å². The molecule has 0 atom stereocenters. The van der Waals surface area contributed by atoms with E-state index in [1.807, 2.05) is 0 Å². The van der Waals surface area contributed by atoms with Crippen molar-refractivity contribution in [1.82, 2.24) is 10.7 Å². The van der Waals surface area contributed by atoms with Gasteiger partial charge in [-0.2, -0.15) is 0 Å². The normalized spacial score (nSPS) is 26.9. The summed E-state index contributed by atoms with van der Waals surface area (Å²) in [5.74, 6) is 0. The molecule has 0 bridgehead atoms. The predicted octanol–water partition coefficient (Wildman–Crippen LogP) is 5.02. The summed E-state index contributed by atoms with van der Waals surface area (Å²) in [4.78, 5) is -4.77. The molecule has 0 saturated heterocycles. The molecule has 2 aromatic rings. The SMILES string of the molecule is FN(F)C1(Cl)c2ccccc2C(Cl)(N(F)F)c2ccccc21. The van der Waals surface area contributed by atoms with Gasteiger partial charge < -0.3 is 0 Å². The first-order chi connectivity index (χ1) is 10.3. The molecule has 0 unspecified atom stereocenters. The molecule has 0 N–H and O–H groups in total. The minimum absolute atomic E-state index is 0.198. The molecule has 0 heterocycles. The van der Waals surface area contributed by atoms with Gasteiger partial charge in [-0.25, -0.2) is 0 Å². The van der Waals surface area contributed by atoms with Crippen LogP contribution in [0.5, 0.6) is 0 Å². The fourth-order valence-corrected chi connectivity index (χ4v) is 3.44. The van der Waals surface area contributed by atoms with Crippen LogP contribution in [0.4, 0.5) is 17.9 Å². The summed E-state index contributed by atoms with van der Waals surface area (Å²) >= 11 is 12.3. The van der Waals surface area contributed by atoms with E-state index in [4.69, 9.17) is 23.2 Å². The van der Waals surface area contributed by atoms with E-state index in [0.717, 1.165) is 0 Å². The van der Waals surface area contributed by atoms with Gasteiger partial charge in [-0.3, -0.25) is 0 Å². The quantitative estimate of drug-likeness (QED) is 0.324. The lowest BCUT2D eigenvalue weighted by Gasteiger charge is -2.42. The molecule has 22 heavy (non-hydrogen) atoms. The minimum atomic E-state index is -2.39. The summed E-state index contributed by atoms with van der Waals surface area (Å²) in [5, 5.41) is -2.41. The van der Waals surface area contributed by atoms with Crippen LogP contribution in [0.1, 0.15) is 22.3 Å². The van der Waals surface area contributed by atoms with Gasteiger partial charge in [-0.05, 0) is 0 Å². The molecular formula is C14H8Cl2F4N2. The van der Waals surface area contributed by atoms with E-state index in [1.54, 1.807) is 0 Å². The Hall–Kier alpha value is -1.34. The highest BCUT2D eigenvalue weighted by Crippen LogP contribution is 2.56. The number of halogens is 6. The number of benzene rings is 2. The van der Waals surface area contributed by atoms with Gasteiger partial charge >= 0.3 is 0 Å². The van der Waals surface area contributed by atoms with Gasteiger partial charge in [-0.1, -0.05) is 89.7 Å². The molecule has 2 nitrogen and oxygen atoms in total. The Morgan fingerprint density at radius 1 is 0.591 bits per heavy atom. The van der Waals surface area contributed by atoms with Crippen molar-refractivity contribution in [1.29, 1.82) is 0 Å². The maximum Gasteiger partial charge on any atom is 0.207 e. The second kappa shape index (κ2) is 5.09. The number of hydrogen-bond acceptors (Lipinski definition) is 2. The lowest BCUT2D eigenvalue weighted by Crippen LogP contribution is -2.46. The van der Waals surface area contributed by atoms with Crippen LogP contribution >= 0.6 is 23.2 Å². The van der Waals surface area contributed by atoms with Crippen LogP contribution in [0.3, 0.4) is 0 Å². The average molecular weight is 351 g/mol.